The third-order valence-corrected chi connectivity index (χ3v) is 3.33. The van der Waals surface area contributed by atoms with Crippen molar-refractivity contribution in [3.63, 3.8) is 0 Å². The lowest BCUT2D eigenvalue weighted by Crippen LogP contribution is -2.20. The standard InChI is InChI=1S/C18H20N2O5/c1-2-3-12-24-15-10-8-14(9-11-15)19-18(21)13-25-17-7-5-4-6-16(17)20(22)23/h4-11H,2-3,12-13H2,1H3,(H,19,21). The molecule has 0 saturated heterocycles. The lowest BCUT2D eigenvalue weighted by Gasteiger charge is -2.09. The zero-order valence-corrected chi connectivity index (χ0v) is 13.9. The normalized spacial score (nSPS) is 10.1. The number of hydrogen-bond donors (Lipinski definition) is 1. The number of unbranched alkanes of at least 4 members (excludes halogenated alkanes) is 1. The van der Waals surface area contributed by atoms with Gasteiger partial charge in [-0.25, -0.2) is 0 Å². The maximum atomic E-state index is 11.9. The summed E-state index contributed by atoms with van der Waals surface area (Å²) < 4.78 is 10.8. The van der Waals surface area contributed by atoms with E-state index < -0.39 is 10.8 Å². The van der Waals surface area contributed by atoms with E-state index in [9.17, 15) is 14.9 Å². The van der Waals surface area contributed by atoms with Gasteiger partial charge in [-0.2, -0.15) is 0 Å². The van der Waals surface area contributed by atoms with Crippen molar-refractivity contribution in [3.05, 3.63) is 58.6 Å². The van der Waals surface area contributed by atoms with Crippen molar-refractivity contribution in [3.8, 4) is 11.5 Å². The highest BCUT2D eigenvalue weighted by Crippen LogP contribution is 2.25. The summed E-state index contributed by atoms with van der Waals surface area (Å²) in [5, 5.41) is 13.6. The van der Waals surface area contributed by atoms with E-state index in [1.807, 2.05) is 0 Å². The van der Waals surface area contributed by atoms with Gasteiger partial charge in [0.25, 0.3) is 5.91 Å². The Morgan fingerprint density at radius 2 is 1.84 bits per heavy atom. The summed E-state index contributed by atoms with van der Waals surface area (Å²) in [6.45, 7) is 2.43. The van der Waals surface area contributed by atoms with E-state index in [1.54, 1.807) is 30.3 Å². The number of amides is 1. The lowest BCUT2D eigenvalue weighted by atomic mass is 10.3. The molecule has 2 rings (SSSR count). The van der Waals surface area contributed by atoms with Crippen molar-refractivity contribution in [1.29, 1.82) is 0 Å². The third-order valence-electron chi connectivity index (χ3n) is 3.33. The summed E-state index contributed by atoms with van der Waals surface area (Å²) in [6, 6.07) is 12.9. The van der Waals surface area contributed by atoms with Crippen LogP contribution in [0.2, 0.25) is 0 Å². The molecule has 0 atom stereocenters. The molecule has 0 aliphatic carbocycles. The number of benzene rings is 2. The second-order valence-electron chi connectivity index (χ2n) is 5.29. The van der Waals surface area contributed by atoms with Crippen LogP contribution in [0.1, 0.15) is 19.8 Å². The van der Waals surface area contributed by atoms with Crippen LogP contribution in [-0.2, 0) is 4.79 Å². The topological polar surface area (TPSA) is 90.7 Å². The van der Waals surface area contributed by atoms with E-state index in [4.69, 9.17) is 9.47 Å². The predicted octanol–water partition coefficient (Wildman–Crippen LogP) is 3.79. The van der Waals surface area contributed by atoms with Crippen molar-refractivity contribution < 1.29 is 19.2 Å². The molecule has 0 aliphatic rings. The van der Waals surface area contributed by atoms with Gasteiger partial charge in [0.2, 0.25) is 0 Å². The van der Waals surface area contributed by atoms with E-state index in [-0.39, 0.29) is 18.0 Å². The van der Waals surface area contributed by atoms with Crippen LogP contribution in [0.3, 0.4) is 0 Å². The zero-order chi connectivity index (χ0) is 18.1. The summed E-state index contributed by atoms with van der Waals surface area (Å²) >= 11 is 0. The van der Waals surface area contributed by atoms with Gasteiger partial charge in [-0.3, -0.25) is 14.9 Å². The Balaban J connectivity index is 1.85. The number of nitro benzene ring substituents is 1. The van der Waals surface area contributed by atoms with E-state index in [2.05, 4.69) is 12.2 Å². The van der Waals surface area contributed by atoms with Crippen molar-refractivity contribution >= 4 is 17.3 Å². The highest BCUT2D eigenvalue weighted by Gasteiger charge is 2.14. The molecule has 7 nitrogen and oxygen atoms in total. The molecule has 0 saturated carbocycles. The monoisotopic (exact) mass is 344 g/mol. The molecule has 2 aromatic carbocycles. The molecule has 25 heavy (non-hydrogen) atoms. The SMILES string of the molecule is CCCCOc1ccc(NC(=O)COc2ccccc2[N+](=O)[O-])cc1. The fourth-order valence-corrected chi connectivity index (χ4v) is 2.04. The van der Waals surface area contributed by atoms with E-state index in [0.717, 1.165) is 18.6 Å². The average molecular weight is 344 g/mol. The molecule has 0 unspecified atom stereocenters. The number of carbonyl (C=O) groups excluding carboxylic acids is 1. The van der Waals surface area contributed by atoms with E-state index in [0.29, 0.717) is 12.3 Å². The first kappa shape index (κ1) is 18.3. The zero-order valence-electron chi connectivity index (χ0n) is 13.9. The van der Waals surface area contributed by atoms with Gasteiger partial charge in [-0.05, 0) is 36.8 Å². The predicted molar refractivity (Wildman–Crippen MR) is 94.1 cm³/mol. The number of nitrogens with zero attached hydrogens (tertiary/aromatic N) is 1. The van der Waals surface area contributed by atoms with E-state index in [1.165, 1.54) is 18.2 Å². The first-order valence-corrected chi connectivity index (χ1v) is 7.99. The molecule has 1 amide bonds. The summed E-state index contributed by atoms with van der Waals surface area (Å²) in [7, 11) is 0. The minimum Gasteiger partial charge on any atom is -0.494 e. The van der Waals surface area contributed by atoms with Crippen LogP contribution in [-0.4, -0.2) is 24.0 Å². The number of carbonyl (C=O) groups is 1. The van der Waals surface area contributed by atoms with Crippen LogP contribution in [0.4, 0.5) is 11.4 Å². The van der Waals surface area contributed by atoms with Crippen LogP contribution >= 0.6 is 0 Å². The quantitative estimate of drug-likeness (QED) is 0.424. The second kappa shape index (κ2) is 9.27. The number of hydrogen-bond acceptors (Lipinski definition) is 5. The molecule has 0 radical (unpaired) electrons. The second-order valence-corrected chi connectivity index (χ2v) is 5.29. The van der Waals surface area contributed by atoms with Gasteiger partial charge in [0.15, 0.2) is 12.4 Å². The van der Waals surface area contributed by atoms with Crippen LogP contribution in [0, 0.1) is 10.1 Å². The van der Waals surface area contributed by atoms with Gasteiger partial charge < -0.3 is 14.8 Å². The number of nitrogens with one attached hydrogen (secondary N) is 1. The fraction of sp³-hybridized carbons (Fsp3) is 0.278. The molecular formula is C18H20N2O5. The molecule has 7 heteroatoms. The molecular weight excluding hydrogens is 324 g/mol. The van der Waals surface area contributed by atoms with Gasteiger partial charge in [-0.1, -0.05) is 25.5 Å². The number of nitro groups is 1. The largest absolute Gasteiger partial charge is 0.494 e. The highest BCUT2D eigenvalue weighted by molar-refractivity contribution is 5.91. The van der Waals surface area contributed by atoms with Crippen LogP contribution in [0.25, 0.3) is 0 Å². The van der Waals surface area contributed by atoms with Crippen molar-refractivity contribution in [2.24, 2.45) is 0 Å². The summed E-state index contributed by atoms with van der Waals surface area (Å²) in [5.41, 5.74) is 0.419. The number of anilines is 1. The van der Waals surface area contributed by atoms with Crippen LogP contribution < -0.4 is 14.8 Å². The highest BCUT2D eigenvalue weighted by atomic mass is 16.6. The fourth-order valence-electron chi connectivity index (χ4n) is 2.04. The first-order valence-electron chi connectivity index (χ1n) is 7.99. The maximum Gasteiger partial charge on any atom is 0.310 e. The van der Waals surface area contributed by atoms with Gasteiger partial charge in [0.1, 0.15) is 5.75 Å². The molecule has 0 aliphatic heterocycles. The molecule has 1 N–H and O–H groups in total. The lowest BCUT2D eigenvalue weighted by molar-refractivity contribution is -0.385. The minimum absolute atomic E-state index is 0.0577. The van der Waals surface area contributed by atoms with Crippen molar-refractivity contribution in [2.45, 2.75) is 19.8 Å². The van der Waals surface area contributed by atoms with E-state index >= 15 is 0 Å². The Hall–Kier alpha value is -3.09. The molecule has 132 valence electrons. The Bertz CT molecular complexity index is 716. The molecule has 2 aromatic rings. The summed E-state index contributed by atoms with van der Waals surface area (Å²) in [6.07, 6.45) is 2.05. The number of rotatable bonds is 9. The Labute approximate surface area is 145 Å². The van der Waals surface area contributed by atoms with Gasteiger partial charge in [0, 0.05) is 11.8 Å². The Morgan fingerprint density at radius 1 is 1.12 bits per heavy atom. The van der Waals surface area contributed by atoms with Gasteiger partial charge in [0.05, 0.1) is 11.5 Å². The average Bonchev–Trinajstić information content (AvgIpc) is 2.62. The third kappa shape index (κ3) is 5.80. The Morgan fingerprint density at radius 3 is 2.52 bits per heavy atom. The smallest absolute Gasteiger partial charge is 0.310 e. The first-order chi connectivity index (χ1) is 12.1. The molecule has 0 bridgehead atoms. The molecule has 0 fully saturated rings. The maximum absolute atomic E-state index is 11.9. The number of para-hydroxylation sites is 2. The summed E-state index contributed by atoms with van der Waals surface area (Å²) in [4.78, 5) is 22.3. The van der Waals surface area contributed by atoms with Crippen molar-refractivity contribution in [1.82, 2.24) is 0 Å². The Kier molecular flexibility index (Phi) is 6.76. The molecule has 0 spiro atoms. The molecule has 0 heterocycles. The summed E-state index contributed by atoms with van der Waals surface area (Å²) in [5.74, 6) is 0.391. The number of ether oxygens (including phenoxy) is 2. The van der Waals surface area contributed by atoms with Crippen LogP contribution in [0.5, 0.6) is 11.5 Å². The van der Waals surface area contributed by atoms with Crippen LogP contribution in [0.15, 0.2) is 48.5 Å². The molecule has 0 aromatic heterocycles. The van der Waals surface area contributed by atoms with Gasteiger partial charge >= 0.3 is 5.69 Å². The van der Waals surface area contributed by atoms with Crippen molar-refractivity contribution in [2.75, 3.05) is 18.5 Å². The minimum atomic E-state index is -0.551. The van der Waals surface area contributed by atoms with Gasteiger partial charge in [-0.15, -0.1) is 0 Å².